The summed E-state index contributed by atoms with van der Waals surface area (Å²) in [7, 11) is 0. The molecule has 0 N–H and O–H groups in total. The summed E-state index contributed by atoms with van der Waals surface area (Å²) >= 11 is 0. The first-order valence-corrected chi connectivity index (χ1v) is 9.35. The number of benzene rings is 1. The van der Waals surface area contributed by atoms with E-state index in [1.807, 2.05) is 0 Å². The van der Waals surface area contributed by atoms with E-state index in [0.29, 0.717) is 48.0 Å². The molecule has 144 valence electrons. The molecule has 6 nitrogen and oxygen atoms in total. The molecule has 1 aliphatic rings. The van der Waals surface area contributed by atoms with Gasteiger partial charge in [-0.25, -0.2) is 19.3 Å². The van der Waals surface area contributed by atoms with Crippen molar-refractivity contribution < 1.29 is 13.6 Å². The number of nitrogens with zero attached hydrogens (tertiary/aromatic N) is 4. The van der Waals surface area contributed by atoms with Crippen LogP contribution < -0.4 is 0 Å². The average Bonchev–Trinajstić information content (AvgIpc) is 3.18. The van der Waals surface area contributed by atoms with Crippen LogP contribution in [0.1, 0.15) is 52.0 Å². The number of carbonyl (C=O) groups is 1. The second-order valence-corrected chi connectivity index (χ2v) is 7.05. The summed E-state index contributed by atoms with van der Waals surface area (Å²) in [5, 5.41) is 0. The standard InChI is InChI=1S/C21H21FN4O2/c1-14-18(11-23-13-25-14)21(27)26-8-4-6-16(12-26)20-24-10-17(28-20)9-15-5-2-3-7-19(15)22/h2-3,5,7,10-11,13,16H,4,6,8-9,12H2,1H3. The number of amides is 1. The van der Waals surface area contributed by atoms with Crippen molar-refractivity contribution in [2.75, 3.05) is 13.1 Å². The van der Waals surface area contributed by atoms with Gasteiger partial charge in [-0.2, -0.15) is 0 Å². The minimum absolute atomic E-state index is 0.0250. The number of rotatable bonds is 4. The van der Waals surface area contributed by atoms with Gasteiger partial charge < -0.3 is 9.32 Å². The summed E-state index contributed by atoms with van der Waals surface area (Å²) in [5.41, 5.74) is 1.77. The molecule has 0 spiro atoms. The third-order valence-corrected chi connectivity index (χ3v) is 5.09. The first-order valence-electron chi connectivity index (χ1n) is 9.35. The van der Waals surface area contributed by atoms with Gasteiger partial charge in [-0.3, -0.25) is 4.79 Å². The van der Waals surface area contributed by atoms with Crippen molar-refractivity contribution in [2.45, 2.75) is 32.1 Å². The number of likely N-dealkylation sites (tertiary alicyclic amines) is 1. The van der Waals surface area contributed by atoms with Crippen LogP contribution in [0.5, 0.6) is 0 Å². The van der Waals surface area contributed by atoms with Gasteiger partial charge in [-0.05, 0) is 31.4 Å². The molecule has 3 heterocycles. The maximum atomic E-state index is 13.9. The van der Waals surface area contributed by atoms with E-state index in [1.165, 1.54) is 12.4 Å². The van der Waals surface area contributed by atoms with E-state index in [1.54, 1.807) is 42.4 Å². The molecule has 7 heteroatoms. The lowest BCUT2D eigenvalue weighted by Crippen LogP contribution is -2.39. The molecule has 2 aromatic heterocycles. The Balaban J connectivity index is 1.47. The highest BCUT2D eigenvalue weighted by atomic mass is 19.1. The molecule has 1 amide bonds. The highest BCUT2D eigenvalue weighted by Gasteiger charge is 2.29. The minimum Gasteiger partial charge on any atom is -0.445 e. The number of oxazole rings is 1. The number of aromatic nitrogens is 3. The Morgan fingerprint density at radius 2 is 2.14 bits per heavy atom. The van der Waals surface area contributed by atoms with Crippen molar-refractivity contribution in [1.82, 2.24) is 19.9 Å². The summed E-state index contributed by atoms with van der Waals surface area (Å²) in [6.45, 7) is 3.03. The van der Waals surface area contributed by atoms with Crippen LogP contribution in [0.25, 0.3) is 0 Å². The number of hydrogen-bond donors (Lipinski definition) is 0. The van der Waals surface area contributed by atoms with Gasteiger partial charge >= 0.3 is 0 Å². The smallest absolute Gasteiger partial charge is 0.257 e. The van der Waals surface area contributed by atoms with E-state index in [9.17, 15) is 9.18 Å². The lowest BCUT2D eigenvalue weighted by Gasteiger charge is -2.31. The first kappa shape index (κ1) is 18.3. The van der Waals surface area contributed by atoms with E-state index < -0.39 is 0 Å². The number of halogens is 1. The van der Waals surface area contributed by atoms with Crippen molar-refractivity contribution >= 4 is 5.91 Å². The van der Waals surface area contributed by atoms with Crippen LogP contribution in [-0.2, 0) is 6.42 Å². The second kappa shape index (κ2) is 7.88. The fourth-order valence-electron chi connectivity index (χ4n) is 3.56. The third-order valence-electron chi connectivity index (χ3n) is 5.09. The van der Waals surface area contributed by atoms with Crippen LogP contribution in [0.15, 0.2) is 47.4 Å². The molecule has 1 aliphatic heterocycles. The summed E-state index contributed by atoms with van der Waals surface area (Å²) in [4.78, 5) is 27.1. The van der Waals surface area contributed by atoms with Crippen LogP contribution in [0.3, 0.4) is 0 Å². The van der Waals surface area contributed by atoms with Crippen molar-refractivity contribution in [3.8, 4) is 0 Å². The molecule has 1 aromatic carbocycles. The summed E-state index contributed by atoms with van der Waals surface area (Å²) in [6.07, 6.45) is 6.77. The zero-order chi connectivity index (χ0) is 19.5. The van der Waals surface area contributed by atoms with Crippen molar-refractivity contribution in [3.05, 3.63) is 77.3 Å². The van der Waals surface area contributed by atoms with E-state index in [4.69, 9.17) is 4.42 Å². The zero-order valence-corrected chi connectivity index (χ0v) is 15.6. The molecule has 0 aliphatic carbocycles. The molecular weight excluding hydrogens is 359 g/mol. The Morgan fingerprint density at radius 1 is 1.29 bits per heavy atom. The topological polar surface area (TPSA) is 72.1 Å². The maximum Gasteiger partial charge on any atom is 0.257 e. The first-order chi connectivity index (χ1) is 13.6. The second-order valence-electron chi connectivity index (χ2n) is 7.05. The number of piperidine rings is 1. The number of hydrogen-bond acceptors (Lipinski definition) is 5. The average molecular weight is 380 g/mol. The van der Waals surface area contributed by atoms with E-state index in [2.05, 4.69) is 15.0 Å². The van der Waals surface area contributed by atoms with Crippen LogP contribution in [-0.4, -0.2) is 38.8 Å². The molecule has 1 atom stereocenters. The summed E-state index contributed by atoms with van der Waals surface area (Å²) in [5.74, 6) is 0.925. The van der Waals surface area contributed by atoms with Crippen molar-refractivity contribution in [1.29, 1.82) is 0 Å². The summed E-state index contributed by atoms with van der Waals surface area (Å²) < 4.78 is 19.8. The predicted molar refractivity (Wildman–Crippen MR) is 100 cm³/mol. The van der Waals surface area contributed by atoms with E-state index in [-0.39, 0.29) is 17.6 Å². The Kier molecular flexibility index (Phi) is 5.14. The molecule has 1 fully saturated rings. The van der Waals surface area contributed by atoms with Gasteiger partial charge in [0, 0.05) is 25.7 Å². The third kappa shape index (κ3) is 3.78. The quantitative estimate of drug-likeness (QED) is 0.692. The summed E-state index contributed by atoms with van der Waals surface area (Å²) in [6, 6.07) is 6.64. The Morgan fingerprint density at radius 3 is 2.96 bits per heavy atom. The van der Waals surface area contributed by atoms with Gasteiger partial charge in [0.2, 0.25) is 0 Å². The van der Waals surface area contributed by atoms with Crippen molar-refractivity contribution in [2.24, 2.45) is 0 Å². The SMILES string of the molecule is Cc1ncncc1C(=O)N1CCCC(c2ncc(Cc3ccccc3F)o2)C1. The van der Waals surface area contributed by atoms with Crippen LogP contribution in [0.2, 0.25) is 0 Å². The fraction of sp³-hybridized carbons (Fsp3) is 0.333. The van der Waals surface area contributed by atoms with E-state index in [0.717, 1.165) is 12.8 Å². The van der Waals surface area contributed by atoms with Gasteiger partial charge in [0.15, 0.2) is 5.89 Å². The molecule has 0 radical (unpaired) electrons. The van der Waals surface area contributed by atoms with E-state index >= 15 is 0 Å². The molecule has 1 unspecified atom stereocenters. The highest BCUT2D eigenvalue weighted by Crippen LogP contribution is 2.28. The van der Waals surface area contributed by atoms with Gasteiger partial charge in [0.25, 0.3) is 5.91 Å². The normalized spacial score (nSPS) is 16.9. The molecule has 0 saturated carbocycles. The lowest BCUT2D eigenvalue weighted by atomic mass is 9.97. The van der Waals surface area contributed by atoms with Crippen molar-refractivity contribution in [3.63, 3.8) is 0 Å². The van der Waals surface area contributed by atoms with Crippen LogP contribution in [0, 0.1) is 12.7 Å². The Bertz CT molecular complexity index is 988. The number of aryl methyl sites for hydroxylation is 1. The molecule has 3 aromatic rings. The van der Waals surface area contributed by atoms with Gasteiger partial charge in [0.05, 0.1) is 23.4 Å². The maximum absolute atomic E-state index is 13.9. The largest absolute Gasteiger partial charge is 0.445 e. The van der Waals surface area contributed by atoms with Gasteiger partial charge in [0.1, 0.15) is 17.9 Å². The predicted octanol–water partition coefficient (Wildman–Crippen LogP) is 3.52. The fourth-order valence-corrected chi connectivity index (χ4v) is 3.56. The zero-order valence-electron chi connectivity index (χ0n) is 15.6. The highest BCUT2D eigenvalue weighted by molar-refractivity contribution is 5.95. The molecule has 1 saturated heterocycles. The molecular formula is C21H21FN4O2. The molecule has 0 bridgehead atoms. The van der Waals surface area contributed by atoms with Gasteiger partial charge in [-0.15, -0.1) is 0 Å². The Hall–Kier alpha value is -3.09. The lowest BCUT2D eigenvalue weighted by molar-refractivity contribution is 0.0696. The molecule has 4 rings (SSSR count). The Labute approximate surface area is 162 Å². The van der Waals surface area contributed by atoms with Gasteiger partial charge in [-0.1, -0.05) is 18.2 Å². The van der Waals surface area contributed by atoms with Crippen LogP contribution >= 0.6 is 0 Å². The van der Waals surface area contributed by atoms with Crippen LogP contribution in [0.4, 0.5) is 4.39 Å². The minimum atomic E-state index is -0.254. The monoisotopic (exact) mass is 380 g/mol. The number of carbonyl (C=O) groups excluding carboxylic acids is 1. The molecule has 28 heavy (non-hydrogen) atoms.